The van der Waals surface area contributed by atoms with E-state index in [9.17, 15) is 0 Å². The molecule has 9 rings (SSSR count). The third-order valence-electron chi connectivity index (χ3n) is 17.3. The normalized spacial score (nSPS) is 11.9. The standard InChI is InChI=1S/C76H94S2/c1-7-11-15-19-23-27-34-57-51-69(58(46-55(57)5)35-28-24-20-16-12-8-2)64-48-62(63-47-61-38-33-41-68-66-39-31-32-40-67(66)72(54-63)76(61)68)49-65(50-64)70-52-60(37-30-26-22-18-14-10-4)71(53-59(70)36-29-25-21-17-13-9-3)73-44-45-75(78-73)74-43-42-56(6)77-74/h31-33,38-54H,7-30,34-37H2,1-6H3. The second kappa shape index (κ2) is 29.4. The van der Waals surface area contributed by atoms with Crippen LogP contribution in [0.4, 0.5) is 0 Å². The predicted molar refractivity (Wildman–Crippen MR) is 349 cm³/mol. The van der Waals surface area contributed by atoms with Gasteiger partial charge in [-0.05, 0) is 226 Å². The lowest BCUT2D eigenvalue weighted by Crippen LogP contribution is -2.00. The Balaban J connectivity index is 1.22. The van der Waals surface area contributed by atoms with Gasteiger partial charge in [-0.15, -0.1) is 22.7 Å². The van der Waals surface area contributed by atoms with Crippen molar-refractivity contribution in [2.45, 2.75) is 221 Å². The van der Waals surface area contributed by atoms with Crippen LogP contribution in [0.3, 0.4) is 0 Å². The Morgan fingerprint density at radius 3 is 1.27 bits per heavy atom. The average molecular weight is 1070 g/mol. The highest BCUT2D eigenvalue weighted by Gasteiger charge is 2.24. The summed E-state index contributed by atoms with van der Waals surface area (Å²) in [6, 6.07) is 49.2. The zero-order chi connectivity index (χ0) is 54.1. The van der Waals surface area contributed by atoms with Crippen molar-refractivity contribution in [1.29, 1.82) is 0 Å². The quantitative estimate of drug-likeness (QED) is 0.0360. The van der Waals surface area contributed by atoms with Gasteiger partial charge < -0.3 is 0 Å². The van der Waals surface area contributed by atoms with Crippen LogP contribution in [0, 0.1) is 13.8 Å². The minimum absolute atomic E-state index is 1.10. The van der Waals surface area contributed by atoms with E-state index >= 15 is 0 Å². The van der Waals surface area contributed by atoms with E-state index in [1.54, 1.807) is 5.56 Å². The van der Waals surface area contributed by atoms with Crippen molar-refractivity contribution in [1.82, 2.24) is 0 Å². The van der Waals surface area contributed by atoms with Gasteiger partial charge in [-0.2, -0.15) is 0 Å². The molecule has 1 aliphatic rings. The van der Waals surface area contributed by atoms with Crippen molar-refractivity contribution < 1.29 is 0 Å². The highest BCUT2D eigenvalue weighted by molar-refractivity contribution is 7.23. The third-order valence-corrected chi connectivity index (χ3v) is 19.6. The van der Waals surface area contributed by atoms with Crippen LogP contribution in [0.15, 0.2) is 121 Å². The number of hydrogen-bond acceptors (Lipinski definition) is 2. The van der Waals surface area contributed by atoms with Gasteiger partial charge in [0.25, 0.3) is 0 Å². The molecule has 0 radical (unpaired) electrons. The molecule has 2 heterocycles. The molecule has 2 heteroatoms. The molecule has 0 unspecified atom stereocenters. The van der Waals surface area contributed by atoms with E-state index in [4.69, 9.17) is 0 Å². The number of unbranched alkanes of at least 4 members (excludes halogenated alkanes) is 20. The molecule has 0 saturated heterocycles. The van der Waals surface area contributed by atoms with Crippen LogP contribution in [0.5, 0.6) is 0 Å². The van der Waals surface area contributed by atoms with Gasteiger partial charge in [0.1, 0.15) is 0 Å². The Morgan fingerprint density at radius 2 is 0.705 bits per heavy atom. The first kappa shape index (κ1) is 57.7. The average Bonchev–Trinajstić information content (AvgIpc) is 4.41. The van der Waals surface area contributed by atoms with Gasteiger partial charge in [0, 0.05) is 19.5 Å². The molecule has 0 fully saturated rings. The summed E-state index contributed by atoms with van der Waals surface area (Å²) in [6.45, 7) is 14.0. The van der Waals surface area contributed by atoms with E-state index in [-0.39, 0.29) is 0 Å². The number of benzene rings is 6. The van der Waals surface area contributed by atoms with Gasteiger partial charge in [-0.3, -0.25) is 0 Å². The molecule has 6 aromatic carbocycles. The van der Waals surface area contributed by atoms with E-state index < -0.39 is 0 Å². The molecule has 78 heavy (non-hydrogen) atoms. The maximum absolute atomic E-state index is 2.71. The molecule has 0 nitrogen and oxygen atoms in total. The van der Waals surface area contributed by atoms with E-state index in [1.165, 1.54) is 268 Å². The summed E-state index contributed by atoms with van der Waals surface area (Å²) < 4.78 is 0. The molecule has 0 N–H and O–H groups in total. The van der Waals surface area contributed by atoms with Crippen molar-refractivity contribution in [2.75, 3.05) is 0 Å². The number of hydrogen-bond donors (Lipinski definition) is 0. The molecule has 2 aromatic heterocycles. The molecule has 410 valence electrons. The fraction of sp³-hybridized carbons (Fsp3) is 0.447. The van der Waals surface area contributed by atoms with E-state index in [1.807, 2.05) is 22.7 Å². The molecule has 0 amide bonds. The van der Waals surface area contributed by atoms with E-state index in [0.29, 0.717) is 0 Å². The summed E-state index contributed by atoms with van der Waals surface area (Å²) in [6.07, 6.45) is 36.0. The number of aryl methyl sites for hydroxylation is 6. The van der Waals surface area contributed by atoms with Crippen LogP contribution < -0.4 is 0 Å². The molecule has 0 bridgehead atoms. The summed E-state index contributed by atoms with van der Waals surface area (Å²) >= 11 is 3.93. The Hall–Kier alpha value is -5.02. The monoisotopic (exact) mass is 1070 g/mol. The minimum atomic E-state index is 1.10. The number of rotatable bonds is 33. The largest absolute Gasteiger partial charge is 0.140 e. The van der Waals surface area contributed by atoms with Crippen molar-refractivity contribution >= 4 is 33.4 Å². The topological polar surface area (TPSA) is 0 Å². The van der Waals surface area contributed by atoms with Crippen LogP contribution >= 0.6 is 22.7 Å². The van der Waals surface area contributed by atoms with Crippen LogP contribution in [-0.4, -0.2) is 0 Å². The molecular weight excluding hydrogens is 977 g/mol. The van der Waals surface area contributed by atoms with Crippen molar-refractivity contribution in [3.05, 3.63) is 154 Å². The number of thiophene rings is 2. The molecule has 8 aromatic rings. The highest BCUT2D eigenvalue weighted by Crippen LogP contribution is 2.50. The van der Waals surface area contributed by atoms with Gasteiger partial charge >= 0.3 is 0 Å². The first-order valence-electron chi connectivity index (χ1n) is 31.6. The highest BCUT2D eigenvalue weighted by atomic mass is 32.1. The summed E-state index contributed by atoms with van der Waals surface area (Å²) in [4.78, 5) is 5.59. The van der Waals surface area contributed by atoms with Crippen LogP contribution in [-0.2, 0) is 25.7 Å². The fourth-order valence-corrected chi connectivity index (χ4v) is 14.8. The first-order chi connectivity index (χ1) is 38.4. The summed E-state index contributed by atoms with van der Waals surface area (Å²) in [5.41, 5.74) is 22.9. The van der Waals surface area contributed by atoms with Gasteiger partial charge in [0.05, 0.1) is 0 Å². The Kier molecular flexibility index (Phi) is 21.8. The fourth-order valence-electron chi connectivity index (χ4n) is 12.8. The molecule has 0 atom stereocenters. The van der Waals surface area contributed by atoms with Gasteiger partial charge in [0.2, 0.25) is 0 Å². The second-order valence-corrected chi connectivity index (χ2v) is 25.9. The Morgan fingerprint density at radius 1 is 0.282 bits per heavy atom. The van der Waals surface area contributed by atoms with Crippen LogP contribution in [0.2, 0.25) is 0 Å². The molecule has 0 aliphatic heterocycles. The maximum Gasteiger partial charge on any atom is 0.0449 e. The molecule has 0 spiro atoms. The second-order valence-electron chi connectivity index (χ2n) is 23.5. The zero-order valence-corrected chi connectivity index (χ0v) is 50.8. The van der Waals surface area contributed by atoms with Gasteiger partial charge in [-0.1, -0.05) is 217 Å². The van der Waals surface area contributed by atoms with E-state index in [0.717, 1.165) is 25.7 Å². The molecule has 0 saturated carbocycles. The lowest BCUT2D eigenvalue weighted by molar-refractivity contribution is 0.605. The third kappa shape index (κ3) is 14.7. The maximum atomic E-state index is 2.71. The number of fused-ring (bicyclic) bond motifs is 3. The van der Waals surface area contributed by atoms with Crippen molar-refractivity contribution in [3.8, 4) is 75.8 Å². The Labute approximate surface area is 481 Å². The Bertz CT molecular complexity index is 3170. The molecule has 1 aliphatic carbocycles. The zero-order valence-electron chi connectivity index (χ0n) is 49.2. The lowest BCUT2D eigenvalue weighted by Gasteiger charge is -2.21. The summed E-state index contributed by atoms with van der Waals surface area (Å²) in [7, 11) is 0. The summed E-state index contributed by atoms with van der Waals surface area (Å²) in [5.74, 6) is 0. The first-order valence-corrected chi connectivity index (χ1v) is 33.3. The SMILES string of the molecule is CCCCCCCCc1cc(-c2cc(-c3cc4c5c(cccc5c3)-c3ccccc3-4)cc(-c3cc(CCCCCCCC)c(-c4ccc(-c5ccc(C)s5)s4)cc3CCCCCCCC)c2)c(CCCCCCCC)cc1C. The van der Waals surface area contributed by atoms with E-state index in [2.05, 4.69) is 163 Å². The van der Waals surface area contributed by atoms with Crippen LogP contribution in [0.25, 0.3) is 86.6 Å². The van der Waals surface area contributed by atoms with Gasteiger partial charge in [-0.25, -0.2) is 0 Å². The van der Waals surface area contributed by atoms with Crippen molar-refractivity contribution in [2.24, 2.45) is 0 Å². The summed E-state index contributed by atoms with van der Waals surface area (Å²) in [5, 5.41) is 2.74. The minimum Gasteiger partial charge on any atom is -0.140 e. The smallest absolute Gasteiger partial charge is 0.0449 e. The van der Waals surface area contributed by atoms with Crippen LogP contribution in [0.1, 0.15) is 214 Å². The van der Waals surface area contributed by atoms with Gasteiger partial charge in [0.15, 0.2) is 0 Å². The molecular formula is C76H94S2. The lowest BCUT2D eigenvalue weighted by atomic mass is 9.84. The predicted octanol–water partition coefficient (Wildman–Crippen LogP) is 25.2. The van der Waals surface area contributed by atoms with Crippen molar-refractivity contribution in [3.63, 3.8) is 0 Å².